The molecule has 0 spiro atoms. The molecule has 0 aliphatic carbocycles. The topological polar surface area (TPSA) is 57.6 Å². The number of carbonyl (C=O) groups is 2. The Balaban J connectivity index is 2.97. The molecule has 0 aliphatic heterocycles. The second-order valence-electron chi connectivity index (χ2n) is 4.22. The van der Waals surface area contributed by atoms with Gasteiger partial charge in [-0.05, 0) is 37.7 Å². The van der Waals surface area contributed by atoms with E-state index >= 15 is 0 Å². The lowest BCUT2D eigenvalue weighted by atomic mass is 10.0. The monoisotopic (exact) mass is 249 g/mol. The van der Waals surface area contributed by atoms with E-state index in [2.05, 4.69) is 0 Å². The van der Waals surface area contributed by atoms with E-state index in [0.29, 0.717) is 12.1 Å². The predicted octanol–water partition coefficient (Wildman–Crippen LogP) is 2.22. The Morgan fingerprint density at radius 1 is 1.22 bits per heavy atom. The molecule has 0 radical (unpaired) electrons. The lowest BCUT2D eigenvalue weighted by Crippen LogP contribution is -2.29. The third kappa shape index (κ3) is 3.40. The van der Waals surface area contributed by atoms with Gasteiger partial charge in [-0.3, -0.25) is 9.69 Å². The molecule has 0 bridgehead atoms. The highest BCUT2D eigenvalue weighted by Gasteiger charge is 2.14. The minimum Gasteiger partial charge on any atom is -0.478 e. The van der Waals surface area contributed by atoms with Crippen LogP contribution in [0.3, 0.4) is 0 Å². The van der Waals surface area contributed by atoms with Gasteiger partial charge in [0.2, 0.25) is 0 Å². The molecule has 1 aromatic rings. The molecule has 0 saturated carbocycles. The van der Waals surface area contributed by atoms with Crippen molar-refractivity contribution in [1.29, 1.82) is 0 Å². The first kappa shape index (κ1) is 14.4. The average Bonchev–Trinajstić information content (AvgIpc) is 2.35. The smallest absolute Gasteiger partial charge is 0.335 e. The van der Waals surface area contributed by atoms with E-state index in [-0.39, 0.29) is 11.3 Å². The number of aromatic carboxylic acids is 1. The summed E-state index contributed by atoms with van der Waals surface area (Å²) < 4.78 is 0. The van der Waals surface area contributed by atoms with Crippen LogP contribution in [0.1, 0.15) is 40.1 Å². The molecule has 1 rings (SSSR count). The number of likely N-dealkylation sites (N-methyl/N-ethyl adjacent to an activating group) is 1. The summed E-state index contributed by atoms with van der Waals surface area (Å²) in [7, 11) is 0. The molecule has 1 aromatic carbocycles. The van der Waals surface area contributed by atoms with Gasteiger partial charge in [0.1, 0.15) is 0 Å². The van der Waals surface area contributed by atoms with E-state index in [1.54, 1.807) is 6.07 Å². The SMILES string of the molecule is CCN(CC)CC(=O)c1cc(C(=O)O)ccc1C. The number of ketones is 1. The molecule has 0 unspecified atom stereocenters. The van der Waals surface area contributed by atoms with Gasteiger partial charge in [0.25, 0.3) is 0 Å². The normalized spacial score (nSPS) is 10.7. The molecule has 18 heavy (non-hydrogen) atoms. The molecule has 4 nitrogen and oxygen atoms in total. The third-order valence-corrected chi connectivity index (χ3v) is 3.05. The largest absolute Gasteiger partial charge is 0.478 e. The van der Waals surface area contributed by atoms with Gasteiger partial charge in [-0.1, -0.05) is 19.9 Å². The van der Waals surface area contributed by atoms with Gasteiger partial charge >= 0.3 is 5.97 Å². The quantitative estimate of drug-likeness (QED) is 0.785. The first-order valence-corrected chi connectivity index (χ1v) is 6.09. The first-order chi connectivity index (χ1) is 8.49. The summed E-state index contributed by atoms with van der Waals surface area (Å²) in [6.45, 7) is 7.76. The van der Waals surface area contributed by atoms with Crippen LogP contribution >= 0.6 is 0 Å². The van der Waals surface area contributed by atoms with Crippen molar-refractivity contribution >= 4 is 11.8 Å². The Bertz CT molecular complexity index is 450. The lowest BCUT2D eigenvalue weighted by Gasteiger charge is -2.17. The Labute approximate surface area is 107 Å². The molecule has 0 heterocycles. The zero-order valence-corrected chi connectivity index (χ0v) is 11.1. The fourth-order valence-corrected chi connectivity index (χ4v) is 1.79. The van der Waals surface area contributed by atoms with E-state index in [4.69, 9.17) is 5.11 Å². The highest BCUT2D eigenvalue weighted by molar-refractivity contribution is 6.01. The molecular weight excluding hydrogens is 230 g/mol. The number of nitrogens with zero attached hydrogens (tertiary/aromatic N) is 1. The van der Waals surface area contributed by atoms with Crippen LogP contribution in [-0.2, 0) is 0 Å². The first-order valence-electron chi connectivity index (χ1n) is 6.09. The fraction of sp³-hybridized carbons (Fsp3) is 0.429. The maximum Gasteiger partial charge on any atom is 0.335 e. The predicted molar refractivity (Wildman–Crippen MR) is 70.3 cm³/mol. The van der Waals surface area contributed by atoms with Gasteiger partial charge in [0, 0.05) is 5.56 Å². The Kier molecular flexibility index (Phi) is 5.04. The van der Waals surface area contributed by atoms with Crippen LogP contribution in [0.2, 0.25) is 0 Å². The number of aryl methyl sites for hydroxylation is 1. The second-order valence-corrected chi connectivity index (χ2v) is 4.22. The maximum absolute atomic E-state index is 12.1. The van der Waals surface area contributed by atoms with Crippen LogP contribution in [0.5, 0.6) is 0 Å². The molecule has 1 N–H and O–H groups in total. The van der Waals surface area contributed by atoms with Crippen LogP contribution in [0.4, 0.5) is 0 Å². The molecule has 0 amide bonds. The van der Waals surface area contributed by atoms with Gasteiger partial charge in [-0.15, -0.1) is 0 Å². The van der Waals surface area contributed by atoms with Crippen molar-refractivity contribution in [3.05, 3.63) is 34.9 Å². The van der Waals surface area contributed by atoms with Crippen molar-refractivity contribution in [1.82, 2.24) is 4.90 Å². The van der Waals surface area contributed by atoms with E-state index in [1.165, 1.54) is 12.1 Å². The fourth-order valence-electron chi connectivity index (χ4n) is 1.79. The number of carboxylic acids is 1. The number of carboxylic acid groups (broad SMARTS) is 1. The number of rotatable bonds is 6. The van der Waals surface area contributed by atoms with Crippen LogP contribution in [0.15, 0.2) is 18.2 Å². The van der Waals surface area contributed by atoms with E-state index in [1.807, 2.05) is 25.7 Å². The van der Waals surface area contributed by atoms with Crippen LogP contribution in [0.25, 0.3) is 0 Å². The Morgan fingerprint density at radius 3 is 2.33 bits per heavy atom. The lowest BCUT2D eigenvalue weighted by molar-refractivity contribution is 0.0697. The van der Waals surface area contributed by atoms with Crippen molar-refractivity contribution in [2.24, 2.45) is 0 Å². The number of benzene rings is 1. The summed E-state index contributed by atoms with van der Waals surface area (Å²) in [6.07, 6.45) is 0. The van der Waals surface area contributed by atoms with Gasteiger partial charge < -0.3 is 5.11 Å². The summed E-state index contributed by atoms with van der Waals surface area (Å²) in [5.41, 5.74) is 1.47. The van der Waals surface area contributed by atoms with Crippen LogP contribution in [0, 0.1) is 6.92 Å². The molecule has 98 valence electrons. The molecule has 0 aliphatic rings. The zero-order chi connectivity index (χ0) is 13.7. The minimum absolute atomic E-state index is 0.0284. The Morgan fingerprint density at radius 2 is 1.83 bits per heavy atom. The Hall–Kier alpha value is -1.68. The average molecular weight is 249 g/mol. The number of hydrogen-bond donors (Lipinski definition) is 1. The van der Waals surface area contributed by atoms with E-state index in [9.17, 15) is 9.59 Å². The highest BCUT2D eigenvalue weighted by Crippen LogP contribution is 2.13. The molecule has 4 heteroatoms. The molecule has 0 aromatic heterocycles. The molecular formula is C14H19NO3. The van der Waals surface area contributed by atoms with Crippen molar-refractivity contribution in [2.45, 2.75) is 20.8 Å². The summed E-state index contributed by atoms with van der Waals surface area (Å²) in [4.78, 5) is 25.0. The van der Waals surface area contributed by atoms with E-state index < -0.39 is 5.97 Å². The number of Topliss-reactive ketones (excluding diaryl/α,β-unsaturated/α-hetero) is 1. The number of carbonyl (C=O) groups excluding carboxylic acids is 1. The van der Waals surface area contributed by atoms with Crippen LogP contribution < -0.4 is 0 Å². The van der Waals surface area contributed by atoms with Crippen molar-refractivity contribution in [3.8, 4) is 0 Å². The standard InChI is InChI=1S/C14H19NO3/c1-4-15(5-2)9-13(16)12-8-11(14(17)18)7-6-10(12)3/h6-8H,4-5,9H2,1-3H3,(H,17,18). The molecule has 0 atom stereocenters. The van der Waals surface area contributed by atoms with Gasteiger partial charge in [-0.25, -0.2) is 4.79 Å². The van der Waals surface area contributed by atoms with Crippen molar-refractivity contribution in [2.75, 3.05) is 19.6 Å². The van der Waals surface area contributed by atoms with Crippen molar-refractivity contribution < 1.29 is 14.7 Å². The van der Waals surface area contributed by atoms with Crippen LogP contribution in [-0.4, -0.2) is 41.4 Å². The summed E-state index contributed by atoms with van der Waals surface area (Å²) in [5, 5.41) is 8.93. The molecule has 0 fully saturated rings. The molecule has 0 saturated heterocycles. The number of hydrogen-bond acceptors (Lipinski definition) is 3. The maximum atomic E-state index is 12.1. The third-order valence-electron chi connectivity index (χ3n) is 3.05. The van der Waals surface area contributed by atoms with E-state index in [0.717, 1.165) is 18.7 Å². The van der Waals surface area contributed by atoms with Crippen molar-refractivity contribution in [3.63, 3.8) is 0 Å². The summed E-state index contributed by atoms with van der Waals surface area (Å²) in [6, 6.07) is 4.66. The highest BCUT2D eigenvalue weighted by atomic mass is 16.4. The van der Waals surface area contributed by atoms with Gasteiger partial charge in [0.05, 0.1) is 12.1 Å². The van der Waals surface area contributed by atoms with Gasteiger partial charge in [0.15, 0.2) is 5.78 Å². The summed E-state index contributed by atoms with van der Waals surface area (Å²) >= 11 is 0. The second kappa shape index (κ2) is 6.31. The summed E-state index contributed by atoms with van der Waals surface area (Å²) in [5.74, 6) is -1.04. The zero-order valence-electron chi connectivity index (χ0n) is 11.1. The minimum atomic E-state index is -1.01. The van der Waals surface area contributed by atoms with Gasteiger partial charge in [-0.2, -0.15) is 0 Å².